The Labute approximate surface area is 125 Å². The van der Waals surface area contributed by atoms with Gasteiger partial charge in [-0.3, -0.25) is 0 Å². The molecule has 0 aliphatic heterocycles. The van der Waals surface area contributed by atoms with E-state index < -0.39 is 10.0 Å². The highest BCUT2D eigenvalue weighted by Crippen LogP contribution is 2.21. The van der Waals surface area contributed by atoms with Gasteiger partial charge in [0.25, 0.3) is 0 Å². The lowest BCUT2D eigenvalue weighted by Gasteiger charge is -2.17. The zero-order valence-corrected chi connectivity index (χ0v) is 13.2. The standard InChI is InChI=1S/C15H21N3O2S/c1-3-4-5-10-18(2)21(19,20)13-7-8-14-12(11-13)6-9-15(16)17-14/h6-9,11H,3-5,10H2,1-2H3,(H2,16,17). The van der Waals surface area contributed by atoms with E-state index in [0.717, 1.165) is 24.6 Å². The number of benzene rings is 1. The predicted octanol–water partition coefficient (Wildman–Crippen LogP) is 2.63. The number of nitrogen functional groups attached to an aromatic ring is 1. The number of hydrogen-bond donors (Lipinski definition) is 1. The third kappa shape index (κ3) is 3.51. The zero-order valence-electron chi connectivity index (χ0n) is 12.4. The molecular formula is C15H21N3O2S. The van der Waals surface area contributed by atoms with Gasteiger partial charge in [-0.2, -0.15) is 0 Å². The Bertz CT molecular complexity index is 729. The number of anilines is 1. The molecule has 5 nitrogen and oxygen atoms in total. The van der Waals surface area contributed by atoms with Crippen LogP contribution in [0.2, 0.25) is 0 Å². The summed E-state index contributed by atoms with van der Waals surface area (Å²) in [6, 6.07) is 8.38. The Morgan fingerprint density at radius 1 is 1.19 bits per heavy atom. The third-order valence-electron chi connectivity index (χ3n) is 3.47. The first-order valence-electron chi connectivity index (χ1n) is 7.08. The van der Waals surface area contributed by atoms with Crippen LogP contribution in [0.1, 0.15) is 26.2 Å². The largest absolute Gasteiger partial charge is 0.384 e. The van der Waals surface area contributed by atoms with E-state index in [0.29, 0.717) is 22.8 Å². The van der Waals surface area contributed by atoms with Crippen molar-refractivity contribution in [1.29, 1.82) is 0 Å². The molecule has 0 aliphatic rings. The molecule has 0 amide bonds. The molecule has 21 heavy (non-hydrogen) atoms. The molecule has 114 valence electrons. The Morgan fingerprint density at radius 2 is 1.95 bits per heavy atom. The van der Waals surface area contributed by atoms with Crippen LogP contribution in [0.15, 0.2) is 35.2 Å². The molecule has 1 aromatic heterocycles. The van der Waals surface area contributed by atoms with Gasteiger partial charge in [0.05, 0.1) is 10.4 Å². The van der Waals surface area contributed by atoms with Crippen molar-refractivity contribution in [1.82, 2.24) is 9.29 Å². The van der Waals surface area contributed by atoms with E-state index in [-0.39, 0.29) is 0 Å². The Hall–Kier alpha value is -1.66. The average molecular weight is 307 g/mol. The molecule has 0 fully saturated rings. The van der Waals surface area contributed by atoms with Crippen molar-refractivity contribution in [2.75, 3.05) is 19.3 Å². The minimum Gasteiger partial charge on any atom is -0.384 e. The maximum absolute atomic E-state index is 12.5. The van der Waals surface area contributed by atoms with Gasteiger partial charge in [0, 0.05) is 19.0 Å². The molecule has 2 aromatic rings. The monoisotopic (exact) mass is 307 g/mol. The van der Waals surface area contributed by atoms with Gasteiger partial charge in [0.15, 0.2) is 0 Å². The lowest BCUT2D eigenvalue weighted by molar-refractivity contribution is 0.454. The van der Waals surface area contributed by atoms with Crippen LogP contribution < -0.4 is 5.73 Å². The van der Waals surface area contributed by atoms with Gasteiger partial charge in [0.2, 0.25) is 10.0 Å². The number of fused-ring (bicyclic) bond motifs is 1. The van der Waals surface area contributed by atoms with E-state index in [4.69, 9.17) is 5.73 Å². The van der Waals surface area contributed by atoms with E-state index in [1.165, 1.54) is 4.31 Å². The summed E-state index contributed by atoms with van der Waals surface area (Å²) >= 11 is 0. The second kappa shape index (κ2) is 6.41. The molecule has 1 heterocycles. The first-order chi connectivity index (χ1) is 9.95. The maximum Gasteiger partial charge on any atom is 0.242 e. The van der Waals surface area contributed by atoms with E-state index in [1.54, 1.807) is 37.4 Å². The molecule has 0 saturated carbocycles. The highest BCUT2D eigenvalue weighted by molar-refractivity contribution is 7.89. The van der Waals surface area contributed by atoms with Gasteiger partial charge in [-0.25, -0.2) is 17.7 Å². The summed E-state index contributed by atoms with van der Waals surface area (Å²) < 4.78 is 26.4. The molecule has 0 aliphatic carbocycles. The van der Waals surface area contributed by atoms with Crippen molar-refractivity contribution < 1.29 is 8.42 Å². The number of rotatable bonds is 6. The molecule has 0 radical (unpaired) electrons. The molecule has 0 saturated heterocycles. The Morgan fingerprint density at radius 3 is 2.67 bits per heavy atom. The average Bonchev–Trinajstić information content (AvgIpc) is 2.46. The minimum atomic E-state index is -3.45. The fourth-order valence-corrected chi connectivity index (χ4v) is 3.41. The van der Waals surface area contributed by atoms with Crippen molar-refractivity contribution in [2.24, 2.45) is 0 Å². The van der Waals surface area contributed by atoms with E-state index in [2.05, 4.69) is 11.9 Å². The van der Waals surface area contributed by atoms with Crippen molar-refractivity contribution in [2.45, 2.75) is 31.1 Å². The predicted molar refractivity (Wildman–Crippen MR) is 85.5 cm³/mol. The van der Waals surface area contributed by atoms with Crippen LogP contribution in [-0.4, -0.2) is 31.3 Å². The summed E-state index contributed by atoms with van der Waals surface area (Å²) in [5.41, 5.74) is 6.32. The highest BCUT2D eigenvalue weighted by atomic mass is 32.2. The van der Waals surface area contributed by atoms with Crippen molar-refractivity contribution in [3.8, 4) is 0 Å². The Balaban J connectivity index is 2.29. The van der Waals surface area contributed by atoms with E-state index in [9.17, 15) is 8.42 Å². The molecule has 2 N–H and O–H groups in total. The van der Waals surface area contributed by atoms with Gasteiger partial charge < -0.3 is 5.73 Å². The number of nitrogens with zero attached hydrogens (tertiary/aromatic N) is 2. The van der Waals surface area contributed by atoms with Crippen LogP contribution in [0.25, 0.3) is 10.9 Å². The molecule has 1 aromatic carbocycles. The van der Waals surface area contributed by atoms with Gasteiger partial charge in [-0.15, -0.1) is 0 Å². The number of nitrogens with two attached hydrogens (primary N) is 1. The van der Waals surface area contributed by atoms with Crippen molar-refractivity contribution in [3.63, 3.8) is 0 Å². The molecule has 0 spiro atoms. The topological polar surface area (TPSA) is 76.3 Å². The fraction of sp³-hybridized carbons (Fsp3) is 0.400. The van der Waals surface area contributed by atoms with E-state index >= 15 is 0 Å². The second-order valence-electron chi connectivity index (χ2n) is 5.12. The fourth-order valence-electron chi connectivity index (χ4n) is 2.16. The Kier molecular flexibility index (Phi) is 4.80. The van der Waals surface area contributed by atoms with E-state index in [1.807, 2.05) is 0 Å². The normalized spacial score (nSPS) is 12.1. The van der Waals surface area contributed by atoms with Crippen LogP contribution in [0.4, 0.5) is 5.82 Å². The van der Waals surface area contributed by atoms with Gasteiger partial charge in [0.1, 0.15) is 5.82 Å². The van der Waals surface area contributed by atoms with Crippen molar-refractivity contribution in [3.05, 3.63) is 30.3 Å². The summed E-state index contributed by atoms with van der Waals surface area (Å²) in [6.07, 6.45) is 2.97. The molecule has 0 atom stereocenters. The summed E-state index contributed by atoms with van der Waals surface area (Å²) in [4.78, 5) is 4.47. The highest BCUT2D eigenvalue weighted by Gasteiger charge is 2.20. The molecule has 2 rings (SSSR count). The zero-order chi connectivity index (χ0) is 15.5. The van der Waals surface area contributed by atoms with Crippen LogP contribution in [0.5, 0.6) is 0 Å². The summed E-state index contributed by atoms with van der Waals surface area (Å²) in [5, 5.41) is 0.771. The SMILES string of the molecule is CCCCCN(C)S(=O)(=O)c1ccc2nc(N)ccc2c1. The van der Waals surface area contributed by atoms with Crippen LogP contribution in [0.3, 0.4) is 0 Å². The number of aromatic nitrogens is 1. The van der Waals surface area contributed by atoms with Crippen LogP contribution >= 0.6 is 0 Å². The summed E-state index contributed by atoms with van der Waals surface area (Å²) in [5.74, 6) is 0.426. The second-order valence-corrected chi connectivity index (χ2v) is 7.17. The first kappa shape index (κ1) is 15.7. The van der Waals surface area contributed by atoms with Crippen molar-refractivity contribution >= 4 is 26.7 Å². The van der Waals surface area contributed by atoms with Gasteiger partial charge in [-0.05, 0) is 36.8 Å². The van der Waals surface area contributed by atoms with Crippen LogP contribution in [-0.2, 0) is 10.0 Å². The molecule has 0 bridgehead atoms. The first-order valence-corrected chi connectivity index (χ1v) is 8.52. The molecule has 0 unspecified atom stereocenters. The number of unbranched alkanes of at least 4 members (excludes halogenated alkanes) is 2. The number of pyridine rings is 1. The minimum absolute atomic E-state index is 0.292. The molecule has 6 heteroatoms. The lowest BCUT2D eigenvalue weighted by atomic mass is 10.2. The van der Waals surface area contributed by atoms with Crippen LogP contribution in [0, 0.1) is 0 Å². The number of sulfonamides is 1. The summed E-state index contributed by atoms with van der Waals surface area (Å²) in [7, 11) is -1.83. The quantitative estimate of drug-likeness (QED) is 0.832. The number of hydrogen-bond acceptors (Lipinski definition) is 4. The maximum atomic E-state index is 12.5. The lowest BCUT2D eigenvalue weighted by Crippen LogP contribution is -2.27. The van der Waals surface area contributed by atoms with Gasteiger partial charge in [-0.1, -0.05) is 19.8 Å². The smallest absolute Gasteiger partial charge is 0.242 e. The third-order valence-corrected chi connectivity index (χ3v) is 5.32. The molecular weight excluding hydrogens is 286 g/mol. The van der Waals surface area contributed by atoms with Gasteiger partial charge >= 0.3 is 0 Å². The summed E-state index contributed by atoms with van der Waals surface area (Å²) in [6.45, 7) is 2.63.